The van der Waals surface area contributed by atoms with E-state index in [9.17, 15) is 0 Å². The van der Waals surface area contributed by atoms with Gasteiger partial charge < -0.3 is 4.74 Å². The molecule has 0 N–H and O–H groups in total. The van der Waals surface area contributed by atoms with E-state index in [4.69, 9.17) is 4.74 Å². The highest BCUT2D eigenvalue weighted by Gasteiger charge is 2.66. The molecule has 2 aromatic rings. The van der Waals surface area contributed by atoms with Crippen LogP contribution in [0, 0.1) is 11.3 Å². The van der Waals surface area contributed by atoms with E-state index in [1.807, 2.05) is 12.4 Å². The Kier molecular flexibility index (Phi) is 5.16. The second-order valence-electron chi connectivity index (χ2n) is 13.0. The molecule has 3 heteroatoms. The molecule has 7 rings (SSSR count). The molecule has 2 bridgehead atoms. The lowest BCUT2D eigenvalue weighted by Gasteiger charge is -2.55. The molecular weight excluding hydrogens is 440 g/mol. The number of hydrogen-bond acceptors (Lipinski definition) is 3. The molecule has 1 saturated heterocycles. The molecule has 3 nitrogen and oxygen atoms in total. The molecule has 36 heavy (non-hydrogen) atoms. The molecular formula is C33H42N2O. The molecule has 6 unspecified atom stereocenters. The quantitative estimate of drug-likeness (QED) is 0.449. The normalized spacial score (nSPS) is 39.1. The zero-order chi connectivity index (χ0) is 24.7. The highest BCUT2D eigenvalue weighted by Crippen LogP contribution is 2.69. The van der Waals surface area contributed by atoms with Crippen LogP contribution in [-0.2, 0) is 4.74 Å². The molecule has 3 aliphatic carbocycles. The number of ether oxygens (including phenoxy) is 1. The van der Waals surface area contributed by atoms with Gasteiger partial charge in [-0.15, -0.1) is 0 Å². The van der Waals surface area contributed by atoms with Gasteiger partial charge in [0.05, 0.1) is 11.2 Å². The van der Waals surface area contributed by atoms with Gasteiger partial charge in [-0.1, -0.05) is 38.1 Å². The van der Waals surface area contributed by atoms with Crippen LogP contribution < -0.4 is 0 Å². The number of hydrogen-bond donors (Lipinski definition) is 0. The first-order valence-electron chi connectivity index (χ1n) is 14.6. The lowest BCUT2D eigenvalue weighted by atomic mass is 9.58. The summed E-state index contributed by atoms with van der Waals surface area (Å²) in [7, 11) is 0. The fourth-order valence-electron chi connectivity index (χ4n) is 9.58. The minimum atomic E-state index is -0.0690. The molecule has 0 radical (unpaired) electrons. The van der Waals surface area contributed by atoms with Gasteiger partial charge in [-0.05, 0) is 123 Å². The fourth-order valence-corrected chi connectivity index (χ4v) is 9.58. The standard InChI is InChI=1S/C33H42N2O/c1-5-35(22(2)3)28-9-8-26-19-27-12-14-31(4)29(24-7-6-23-13-17-34-21-25(23)18-24)10-11-30(31)33(27)16-15-32(26,20-28)36-33/h6-7,12-13,17-19,21-22,28-30H,5,8-11,14-16,20H2,1-4H3. The van der Waals surface area contributed by atoms with Crippen LogP contribution in [0.2, 0.25) is 0 Å². The molecule has 3 heterocycles. The Labute approximate surface area is 217 Å². The van der Waals surface area contributed by atoms with Gasteiger partial charge >= 0.3 is 0 Å². The number of nitrogens with zero attached hydrogens (tertiary/aromatic N) is 2. The highest BCUT2D eigenvalue weighted by molar-refractivity contribution is 5.82. The monoisotopic (exact) mass is 482 g/mol. The molecule has 2 saturated carbocycles. The molecule has 5 aliphatic rings. The van der Waals surface area contributed by atoms with Gasteiger partial charge in [-0.3, -0.25) is 9.88 Å². The summed E-state index contributed by atoms with van der Waals surface area (Å²) in [4.78, 5) is 7.12. The van der Waals surface area contributed by atoms with E-state index in [1.54, 1.807) is 5.57 Å². The topological polar surface area (TPSA) is 25.4 Å². The Morgan fingerprint density at radius 1 is 1.11 bits per heavy atom. The first-order valence-corrected chi connectivity index (χ1v) is 14.6. The van der Waals surface area contributed by atoms with E-state index >= 15 is 0 Å². The zero-order valence-corrected chi connectivity index (χ0v) is 22.6. The summed E-state index contributed by atoms with van der Waals surface area (Å²) >= 11 is 0. The van der Waals surface area contributed by atoms with E-state index in [1.165, 1.54) is 73.3 Å². The van der Waals surface area contributed by atoms with Crippen molar-refractivity contribution >= 4 is 10.8 Å². The van der Waals surface area contributed by atoms with Crippen LogP contribution in [0.5, 0.6) is 0 Å². The molecule has 2 aliphatic heterocycles. The number of rotatable bonds is 4. The third kappa shape index (κ3) is 3.08. The number of aromatic nitrogens is 1. The Bertz CT molecular complexity index is 1260. The van der Waals surface area contributed by atoms with Gasteiger partial charge in [0.1, 0.15) is 0 Å². The number of pyridine rings is 1. The summed E-state index contributed by atoms with van der Waals surface area (Å²) < 4.78 is 7.55. The molecule has 1 aromatic carbocycles. The largest absolute Gasteiger partial charge is 0.359 e. The maximum Gasteiger partial charge on any atom is 0.0974 e. The van der Waals surface area contributed by atoms with Gasteiger partial charge in [-0.2, -0.15) is 0 Å². The van der Waals surface area contributed by atoms with Crippen molar-refractivity contribution in [1.82, 2.24) is 9.88 Å². The minimum Gasteiger partial charge on any atom is -0.359 e. The summed E-state index contributed by atoms with van der Waals surface area (Å²) in [5, 5.41) is 2.56. The summed E-state index contributed by atoms with van der Waals surface area (Å²) in [5.41, 5.74) is 4.80. The maximum absolute atomic E-state index is 7.55. The van der Waals surface area contributed by atoms with Crippen molar-refractivity contribution in [3.05, 3.63) is 65.5 Å². The van der Waals surface area contributed by atoms with Crippen molar-refractivity contribution in [2.45, 2.75) is 108 Å². The van der Waals surface area contributed by atoms with E-state index in [0.717, 1.165) is 6.54 Å². The van der Waals surface area contributed by atoms with E-state index in [0.29, 0.717) is 23.9 Å². The average molecular weight is 483 g/mol. The van der Waals surface area contributed by atoms with Gasteiger partial charge in [0, 0.05) is 29.9 Å². The molecule has 0 amide bonds. The predicted molar refractivity (Wildman–Crippen MR) is 147 cm³/mol. The summed E-state index contributed by atoms with van der Waals surface area (Å²) in [5.74, 6) is 1.19. The molecule has 190 valence electrons. The molecule has 6 atom stereocenters. The van der Waals surface area contributed by atoms with Crippen molar-refractivity contribution in [2.24, 2.45) is 11.3 Å². The Balaban J connectivity index is 1.24. The Hall–Kier alpha value is -1.97. The fraction of sp³-hybridized carbons (Fsp3) is 0.606. The Morgan fingerprint density at radius 2 is 2.00 bits per heavy atom. The third-order valence-corrected chi connectivity index (χ3v) is 11.2. The van der Waals surface area contributed by atoms with Crippen LogP contribution in [0.3, 0.4) is 0 Å². The van der Waals surface area contributed by atoms with E-state index in [-0.39, 0.29) is 16.6 Å². The van der Waals surface area contributed by atoms with E-state index in [2.05, 4.69) is 74.0 Å². The SMILES string of the molecule is CCN(C(C)C)C1CCC2=CC3=CCC4(C)C(c5ccc6ccncc6c5)CCC4C34CCC2(C1)O4. The van der Waals surface area contributed by atoms with Crippen LogP contribution in [0.1, 0.15) is 90.5 Å². The summed E-state index contributed by atoms with van der Waals surface area (Å²) in [6.45, 7) is 10.8. The average Bonchev–Trinajstić information content (AvgIpc) is 3.39. The lowest BCUT2D eigenvalue weighted by Crippen LogP contribution is -2.56. The maximum atomic E-state index is 7.55. The minimum absolute atomic E-state index is 0.0203. The van der Waals surface area contributed by atoms with Crippen molar-refractivity contribution in [2.75, 3.05) is 6.54 Å². The molecule has 2 spiro atoms. The molecule has 1 aromatic heterocycles. The second-order valence-corrected chi connectivity index (χ2v) is 13.0. The number of allylic oxidation sites excluding steroid dienone is 1. The van der Waals surface area contributed by atoms with Crippen LogP contribution >= 0.6 is 0 Å². The first kappa shape index (κ1) is 23.2. The van der Waals surface area contributed by atoms with Crippen LogP contribution in [0.15, 0.2) is 60.0 Å². The Morgan fingerprint density at radius 3 is 2.83 bits per heavy atom. The van der Waals surface area contributed by atoms with Gasteiger partial charge in [0.25, 0.3) is 0 Å². The van der Waals surface area contributed by atoms with Gasteiger partial charge in [0.15, 0.2) is 0 Å². The van der Waals surface area contributed by atoms with E-state index < -0.39 is 0 Å². The van der Waals surface area contributed by atoms with Crippen molar-refractivity contribution < 1.29 is 4.74 Å². The first-order chi connectivity index (χ1) is 17.4. The van der Waals surface area contributed by atoms with Crippen molar-refractivity contribution in [1.29, 1.82) is 0 Å². The summed E-state index contributed by atoms with van der Waals surface area (Å²) in [6, 6.07) is 10.5. The summed E-state index contributed by atoms with van der Waals surface area (Å²) in [6.07, 6.45) is 19.0. The zero-order valence-electron chi connectivity index (χ0n) is 22.6. The number of benzene rings is 1. The third-order valence-electron chi connectivity index (χ3n) is 11.2. The van der Waals surface area contributed by atoms with Crippen molar-refractivity contribution in [3.63, 3.8) is 0 Å². The predicted octanol–water partition coefficient (Wildman–Crippen LogP) is 7.58. The van der Waals surface area contributed by atoms with Crippen molar-refractivity contribution in [3.8, 4) is 0 Å². The van der Waals surface area contributed by atoms with Gasteiger partial charge in [-0.25, -0.2) is 0 Å². The van der Waals surface area contributed by atoms with Crippen LogP contribution in [-0.4, -0.2) is 39.7 Å². The van der Waals surface area contributed by atoms with Crippen LogP contribution in [0.25, 0.3) is 10.8 Å². The van der Waals surface area contributed by atoms with Crippen LogP contribution in [0.4, 0.5) is 0 Å². The number of fused-ring (bicyclic) bond motifs is 2. The second kappa shape index (κ2) is 8.01. The lowest BCUT2D eigenvalue weighted by molar-refractivity contribution is -0.141. The van der Waals surface area contributed by atoms with Gasteiger partial charge in [0.2, 0.25) is 0 Å². The highest BCUT2D eigenvalue weighted by atomic mass is 16.5. The molecule has 3 fully saturated rings. The smallest absolute Gasteiger partial charge is 0.0974 e.